The van der Waals surface area contributed by atoms with Crippen LogP contribution in [0.2, 0.25) is 0 Å². The van der Waals surface area contributed by atoms with Crippen molar-refractivity contribution < 1.29 is 15.0 Å². The number of nitrogens with zero attached hydrogens (tertiary/aromatic N) is 5. The Balaban J connectivity index is 1.33. The fourth-order valence-corrected chi connectivity index (χ4v) is 5.01. The Morgan fingerprint density at radius 2 is 1.32 bits per heavy atom. The second-order valence-electron chi connectivity index (χ2n) is 10.1. The number of piperidine rings is 2. The number of carbonyl (C=O) groups excluding carboxylic acids is 1. The number of hydrogen-bond acceptors (Lipinski definition) is 9. The van der Waals surface area contributed by atoms with E-state index in [-0.39, 0.29) is 22.6 Å². The minimum Gasteiger partial charge on any atom is -0.508 e. The van der Waals surface area contributed by atoms with E-state index in [1.165, 1.54) is 18.9 Å². The first kappa shape index (κ1) is 25.6. The van der Waals surface area contributed by atoms with Crippen molar-refractivity contribution in [1.29, 1.82) is 0 Å². The van der Waals surface area contributed by atoms with Crippen LogP contribution in [0.4, 0.5) is 29.2 Å². The molecule has 0 radical (unpaired) electrons. The molecule has 1 aromatic heterocycles. The Morgan fingerprint density at radius 3 is 1.87 bits per heavy atom. The summed E-state index contributed by atoms with van der Waals surface area (Å²) in [5.74, 6) is 1.22. The second kappa shape index (κ2) is 11.1. The molecule has 0 saturated carbocycles. The molecule has 10 nitrogen and oxygen atoms in total. The highest BCUT2D eigenvalue weighted by atomic mass is 16.3. The molecule has 1 amide bonds. The molecule has 2 aliphatic heterocycles. The number of nitrogens with one attached hydrogen (secondary N) is 2. The van der Waals surface area contributed by atoms with Crippen molar-refractivity contribution in [1.82, 2.24) is 15.0 Å². The largest absolute Gasteiger partial charge is 0.508 e. The minimum atomic E-state index is -0.446. The topological polar surface area (TPSA) is 127 Å². The third kappa shape index (κ3) is 5.58. The molecule has 5 rings (SSSR count). The van der Waals surface area contributed by atoms with Crippen LogP contribution in [0, 0.1) is 13.8 Å². The van der Waals surface area contributed by atoms with Crippen LogP contribution in [0.15, 0.2) is 30.3 Å². The number of benzene rings is 2. The molecular formula is C28H35N7O3. The highest BCUT2D eigenvalue weighted by Gasteiger charge is 2.21. The molecule has 2 aliphatic rings. The maximum atomic E-state index is 12.9. The van der Waals surface area contributed by atoms with Gasteiger partial charge in [-0.15, -0.1) is 0 Å². The van der Waals surface area contributed by atoms with E-state index in [2.05, 4.69) is 20.4 Å². The van der Waals surface area contributed by atoms with Gasteiger partial charge >= 0.3 is 0 Å². The summed E-state index contributed by atoms with van der Waals surface area (Å²) in [6, 6.07) is 8.71. The van der Waals surface area contributed by atoms with Gasteiger partial charge in [0, 0.05) is 43.1 Å². The van der Waals surface area contributed by atoms with Crippen molar-refractivity contribution in [2.75, 3.05) is 46.6 Å². The van der Waals surface area contributed by atoms with Gasteiger partial charge in [-0.05, 0) is 88.3 Å². The van der Waals surface area contributed by atoms with Crippen molar-refractivity contribution in [2.45, 2.75) is 52.4 Å². The summed E-state index contributed by atoms with van der Waals surface area (Å²) in [5, 5.41) is 26.4. The van der Waals surface area contributed by atoms with Crippen LogP contribution in [0.1, 0.15) is 60.0 Å². The summed E-state index contributed by atoms with van der Waals surface area (Å²) in [4.78, 5) is 31.7. The van der Waals surface area contributed by atoms with Crippen molar-refractivity contribution in [2.24, 2.45) is 0 Å². The summed E-state index contributed by atoms with van der Waals surface area (Å²) in [7, 11) is 0. The summed E-state index contributed by atoms with van der Waals surface area (Å²) in [6.07, 6.45) is 7.03. The van der Waals surface area contributed by atoms with Crippen LogP contribution in [-0.4, -0.2) is 57.3 Å². The number of aryl methyl sites for hydroxylation is 1. The maximum Gasteiger partial charge on any atom is 0.259 e. The first-order valence-electron chi connectivity index (χ1n) is 13.4. The van der Waals surface area contributed by atoms with Gasteiger partial charge < -0.3 is 30.6 Å². The first-order valence-corrected chi connectivity index (χ1v) is 13.4. The lowest BCUT2D eigenvalue weighted by molar-refractivity contribution is 0.102. The highest BCUT2D eigenvalue weighted by Crippen LogP contribution is 2.33. The summed E-state index contributed by atoms with van der Waals surface area (Å²) in [6.45, 7) is 7.04. The quantitative estimate of drug-likeness (QED) is 0.362. The number of hydrogen-bond donors (Lipinski definition) is 4. The zero-order chi connectivity index (χ0) is 26.6. The number of rotatable bonds is 6. The van der Waals surface area contributed by atoms with Crippen LogP contribution >= 0.6 is 0 Å². The third-order valence-electron chi connectivity index (χ3n) is 7.24. The van der Waals surface area contributed by atoms with Gasteiger partial charge in [0.25, 0.3) is 5.91 Å². The van der Waals surface area contributed by atoms with E-state index in [1.54, 1.807) is 26.0 Å². The second-order valence-corrected chi connectivity index (χ2v) is 10.1. The average molecular weight is 518 g/mol. The number of aromatic nitrogens is 3. The summed E-state index contributed by atoms with van der Waals surface area (Å²) >= 11 is 0. The molecule has 4 N–H and O–H groups in total. The van der Waals surface area contributed by atoms with E-state index >= 15 is 0 Å². The van der Waals surface area contributed by atoms with Crippen LogP contribution in [0.5, 0.6) is 11.5 Å². The molecule has 0 bridgehead atoms. The van der Waals surface area contributed by atoms with Gasteiger partial charge in [0.1, 0.15) is 11.5 Å². The number of anilines is 5. The van der Waals surface area contributed by atoms with Gasteiger partial charge in [0.2, 0.25) is 17.8 Å². The average Bonchev–Trinajstić information content (AvgIpc) is 2.94. The Morgan fingerprint density at radius 1 is 0.789 bits per heavy atom. The Labute approximate surface area is 222 Å². The molecular weight excluding hydrogens is 482 g/mol. The smallest absolute Gasteiger partial charge is 0.259 e. The van der Waals surface area contributed by atoms with Gasteiger partial charge in [0.05, 0.1) is 5.56 Å². The molecule has 2 saturated heterocycles. The molecule has 2 aromatic carbocycles. The summed E-state index contributed by atoms with van der Waals surface area (Å²) < 4.78 is 0. The molecule has 10 heteroatoms. The van der Waals surface area contributed by atoms with Gasteiger partial charge in [-0.25, -0.2) is 0 Å². The van der Waals surface area contributed by atoms with Crippen LogP contribution in [0.25, 0.3) is 0 Å². The molecule has 3 heterocycles. The SMILES string of the molecule is Cc1cc(O)c(C)c(O)c1C(=O)Nc1ccc(Nc2nc(N3CCCCC3)nc(N3CCCCC3)n2)cc1. The van der Waals surface area contributed by atoms with Gasteiger partial charge in [-0.2, -0.15) is 15.0 Å². The van der Waals surface area contributed by atoms with E-state index in [9.17, 15) is 15.0 Å². The van der Waals surface area contributed by atoms with Gasteiger partial charge in [0.15, 0.2) is 0 Å². The fourth-order valence-electron chi connectivity index (χ4n) is 5.01. The molecule has 2 fully saturated rings. The van der Waals surface area contributed by atoms with Crippen molar-refractivity contribution in [3.05, 3.63) is 47.0 Å². The summed E-state index contributed by atoms with van der Waals surface area (Å²) in [5.41, 5.74) is 2.26. The Bertz CT molecular complexity index is 1260. The Hall–Kier alpha value is -4.08. The molecule has 3 aromatic rings. The van der Waals surface area contributed by atoms with E-state index in [4.69, 9.17) is 15.0 Å². The van der Waals surface area contributed by atoms with Crippen LogP contribution < -0.4 is 20.4 Å². The van der Waals surface area contributed by atoms with Crippen molar-refractivity contribution in [3.63, 3.8) is 0 Å². The minimum absolute atomic E-state index is 0.0443. The van der Waals surface area contributed by atoms with E-state index < -0.39 is 5.91 Å². The molecule has 0 atom stereocenters. The Kier molecular flexibility index (Phi) is 7.48. The number of aromatic hydroxyl groups is 2. The molecule has 0 spiro atoms. The lowest BCUT2D eigenvalue weighted by atomic mass is 10.0. The standard InChI is InChI=1S/C28H35N7O3/c1-18-17-22(36)19(2)24(37)23(18)25(38)29-20-9-11-21(12-10-20)30-26-31-27(34-13-5-3-6-14-34)33-28(32-26)35-15-7-4-8-16-35/h9-12,17,36-37H,3-8,13-16H2,1-2H3,(H,29,38)(H,30,31,32,33). The zero-order valence-electron chi connectivity index (χ0n) is 22.0. The number of carbonyl (C=O) groups is 1. The normalized spacial score (nSPS) is 15.8. The molecule has 0 unspecified atom stereocenters. The number of amides is 1. The van der Waals surface area contributed by atoms with Gasteiger partial charge in [-0.1, -0.05) is 0 Å². The third-order valence-corrected chi connectivity index (χ3v) is 7.24. The fraction of sp³-hybridized carbons (Fsp3) is 0.429. The van der Waals surface area contributed by atoms with E-state index in [0.717, 1.165) is 57.5 Å². The lowest BCUT2D eigenvalue weighted by Crippen LogP contribution is -2.34. The number of phenolic OH excluding ortho intramolecular Hbond substituents is 2. The number of phenols is 2. The van der Waals surface area contributed by atoms with Crippen molar-refractivity contribution in [3.8, 4) is 11.5 Å². The predicted octanol–water partition coefficient (Wildman–Crippen LogP) is 4.88. The van der Waals surface area contributed by atoms with Crippen molar-refractivity contribution >= 4 is 35.1 Å². The first-order chi connectivity index (χ1) is 18.4. The van der Waals surface area contributed by atoms with Crippen LogP contribution in [-0.2, 0) is 0 Å². The predicted molar refractivity (Wildman–Crippen MR) is 149 cm³/mol. The molecule has 200 valence electrons. The molecule has 38 heavy (non-hydrogen) atoms. The molecule has 0 aliphatic carbocycles. The highest BCUT2D eigenvalue weighted by molar-refractivity contribution is 6.07. The van der Waals surface area contributed by atoms with E-state index in [0.29, 0.717) is 29.1 Å². The maximum absolute atomic E-state index is 12.9. The van der Waals surface area contributed by atoms with Crippen LogP contribution in [0.3, 0.4) is 0 Å². The lowest BCUT2D eigenvalue weighted by Gasteiger charge is -2.30. The van der Waals surface area contributed by atoms with E-state index in [1.807, 2.05) is 12.1 Å². The monoisotopic (exact) mass is 517 g/mol. The zero-order valence-corrected chi connectivity index (χ0v) is 22.0. The van der Waals surface area contributed by atoms with Gasteiger partial charge in [-0.3, -0.25) is 4.79 Å².